The van der Waals surface area contributed by atoms with Gasteiger partial charge in [0.25, 0.3) is 0 Å². The smallest absolute Gasteiger partial charge is 0.0594 e. The number of nitrogens with zero attached hydrogens (tertiary/aromatic N) is 1. The van der Waals surface area contributed by atoms with Gasteiger partial charge in [0.1, 0.15) is 0 Å². The molecule has 2 aliphatic rings. The average Bonchev–Trinajstić information content (AvgIpc) is 2.32. The minimum Gasteiger partial charge on any atom is -0.379 e. The third kappa shape index (κ3) is 3.05. The number of morpholine rings is 1. The van der Waals surface area contributed by atoms with Crippen molar-refractivity contribution in [1.82, 2.24) is 4.90 Å². The van der Waals surface area contributed by atoms with Crippen LogP contribution in [0.25, 0.3) is 0 Å². The van der Waals surface area contributed by atoms with Crippen LogP contribution in [0.3, 0.4) is 0 Å². The molecule has 2 nitrogen and oxygen atoms in total. The first-order valence-electron chi connectivity index (χ1n) is 6.40. The SMILES string of the molecule is CCCC1=CCC(N2CCOCC2)CC1. The zero-order valence-electron chi connectivity index (χ0n) is 9.87. The van der Waals surface area contributed by atoms with Gasteiger partial charge in [0.2, 0.25) is 0 Å². The van der Waals surface area contributed by atoms with Crippen LogP contribution in [0.15, 0.2) is 11.6 Å². The van der Waals surface area contributed by atoms with E-state index in [2.05, 4.69) is 17.9 Å². The van der Waals surface area contributed by atoms with Gasteiger partial charge in [0, 0.05) is 19.1 Å². The Hall–Kier alpha value is -0.340. The number of rotatable bonds is 3. The topological polar surface area (TPSA) is 12.5 Å². The van der Waals surface area contributed by atoms with Gasteiger partial charge in [-0.1, -0.05) is 25.0 Å². The molecule has 1 aliphatic carbocycles. The highest BCUT2D eigenvalue weighted by molar-refractivity contribution is 5.08. The van der Waals surface area contributed by atoms with Gasteiger partial charge in [0.15, 0.2) is 0 Å². The Bertz CT molecular complexity index is 219. The van der Waals surface area contributed by atoms with Crippen molar-refractivity contribution in [3.63, 3.8) is 0 Å². The normalized spacial score (nSPS) is 28.9. The second kappa shape index (κ2) is 5.66. The van der Waals surface area contributed by atoms with Crippen molar-refractivity contribution in [3.8, 4) is 0 Å². The summed E-state index contributed by atoms with van der Waals surface area (Å²) in [6.07, 6.45) is 9.08. The maximum Gasteiger partial charge on any atom is 0.0594 e. The van der Waals surface area contributed by atoms with Gasteiger partial charge < -0.3 is 4.74 Å². The van der Waals surface area contributed by atoms with Crippen molar-refractivity contribution in [3.05, 3.63) is 11.6 Å². The Balaban J connectivity index is 1.81. The van der Waals surface area contributed by atoms with E-state index in [9.17, 15) is 0 Å². The van der Waals surface area contributed by atoms with E-state index in [0.29, 0.717) is 0 Å². The lowest BCUT2D eigenvalue weighted by Crippen LogP contribution is -2.44. The molecule has 1 heterocycles. The third-order valence-corrected chi connectivity index (χ3v) is 3.61. The highest BCUT2D eigenvalue weighted by atomic mass is 16.5. The van der Waals surface area contributed by atoms with Crippen LogP contribution in [0.1, 0.15) is 39.0 Å². The summed E-state index contributed by atoms with van der Waals surface area (Å²) in [5.74, 6) is 0. The number of allylic oxidation sites excluding steroid dienone is 1. The van der Waals surface area contributed by atoms with Crippen LogP contribution in [0.2, 0.25) is 0 Å². The predicted octanol–water partition coefficient (Wildman–Crippen LogP) is 2.60. The standard InChI is InChI=1S/C13H23NO/c1-2-3-12-4-6-13(7-5-12)14-8-10-15-11-9-14/h4,13H,2-3,5-11H2,1H3. The van der Waals surface area contributed by atoms with E-state index in [0.717, 1.165) is 32.3 Å². The lowest BCUT2D eigenvalue weighted by Gasteiger charge is -2.36. The molecule has 0 aromatic heterocycles. The minimum atomic E-state index is 0.800. The number of hydrogen-bond donors (Lipinski definition) is 0. The van der Waals surface area contributed by atoms with Crippen LogP contribution < -0.4 is 0 Å². The minimum absolute atomic E-state index is 0.800. The molecule has 1 aliphatic heterocycles. The Kier molecular flexibility index (Phi) is 4.21. The second-order valence-electron chi connectivity index (χ2n) is 4.69. The van der Waals surface area contributed by atoms with Gasteiger partial charge in [-0.3, -0.25) is 4.90 Å². The Morgan fingerprint density at radius 1 is 1.40 bits per heavy atom. The molecule has 1 saturated heterocycles. The number of ether oxygens (including phenoxy) is 1. The highest BCUT2D eigenvalue weighted by Gasteiger charge is 2.22. The Labute approximate surface area is 93.3 Å². The molecule has 0 spiro atoms. The zero-order chi connectivity index (χ0) is 10.5. The maximum absolute atomic E-state index is 5.39. The summed E-state index contributed by atoms with van der Waals surface area (Å²) in [6, 6.07) is 0.800. The fourth-order valence-electron chi connectivity index (χ4n) is 2.70. The van der Waals surface area contributed by atoms with Gasteiger partial charge in [-0.25, -0.2) is 0 Å². The lowest BCUT2D eigenvalue weighted by atomic mass is 9.91. The lowest BCUT2D eigenvalue weighted by molar-refractivity contribution is 0.0144. The van der Waals surface area contributed by atoms with Crippen molar-refractivity contribution < 1.29 is 4.74 Å². The monoisotopic (exact) mass is 209 g/mol. The first kappa shape index (κ1) is 11.2. The van der Waals surface area contributed by atoms with Gasteiger partial charge in [0.05, 0.1) is 13.2 Å². The zero-order valence-corrected chi connectivity index (χ0v) is 9.87. The van der Waals surface area contributed by atoms with E-state index < -0.39 is 0 Å². The van der Waals surface area contributed by atoms with E-state index in [4.69, 9.17) is 4.74 Å². The van der Waals surface area contributed by atoms with E-state index >= 15 is 0 Å². The molecule has 0 N–H and O–H groups in total. The van der Waals surface area contributed by atoms with Crippen LogP contribution in [0.4, 0.5) is 0 Å². The van der Waals surface area contributed by atoms with Crippen LogP contribution in [0, 0.1) is 0 Å². The quantitative estimate of drug-likeness (QED) is 0.662. The summed E-state index contributed by atoms with van der Waals surface area (Å²) in [6.45, 7) is 6.42. The van der Waals surface area contributed by atoms with Gasteiger partial charge >= 0.3 is 0 Å². The molecule has 1 unspecified atom stereocenters. The molecule has 0 bridgehead atoms. The molecular weight excluding hydrogens is 186 g/mol. The third-order valence-electron chi connectivity index (χ3n) is 3.61. The first-order chi connectivity index (χ1) is 7.40. The number of hydrogen-bond acceptors (Lipinski definition) is 2. The van der Waals surface area contributed by atoms with Gasteiger partial charge in [-0.2, -0.15) is 0 Å². The molecule has 0 amide bonds. The molecule has 1 fully saturated rings. The van der Waals surface area contributed by atoms with Crippen molar-refractivity contribution in [2.24, 2.45) is 0 Å². The van der Waals surface area contributed by atoms with Crippen molar-refractivity contribution in [2.45, 2.75) is 45.1 Å². The second-order valence-corrected chi connectivity index (χ2v) is 4.69. The van der Waals surface area contributed by atoms with Crippen molar-refractivity contribution in [2.75, 3.05) is 26.3 Å². The molecule has 0 aromatic carbocycles. The van der Waals surface area contributed by atoms with Gasteiger partial charge in [-0.05, 0) is 25.7 Å². The molecule has 2 rings (SSSR count). The van der Waals surface area contributed by atoms with E-state index in [1.165, 1.54) is 32.1 Å². The molecule has 1 atom stereocenters. The Morgan fingerprint density at radius 2 is 2.20 bits per heavy atom. The van der Waals surface area contributed by atoms with E-state index in [1.54, 1.807) is 5.57 Å². The summed E-state index contributed by atoms with van der Waals surface area (Å²) in [4.78, 5) is 2.61. The highest BCUT2D eigenvalue weighted by Crippen LogP contribution is 2.25. The van der Waals surface area contributed by atoms with Crippen molar-refractivity contribution in [1.29, 1.82) is 0 Å². The summed E-state index contributed by atoms with van der Waals surface area (Å²) < 4.78 is 5.39. The van der Waals surface area contributed by atoms with E-state index in [-0.39, 0.29) is 0 Å². The fourth-order valence-corrected chi connectivity index (χ4v) is 2.70. The van der Waals surface area contributed by atoms with Crippen LogP contribution in [-0.2, 0) is 4.74 Å². The van der Waals surface area contributed by atoms with Crippen molar-refractivity contribution >= 4 is 0 Å². The largest absolute Gasteiger partial charge is 0.379 e. The molecule has 2 heteroatoms. The summed E-state index contributed by atoms with van der Waals surface area (Å²) >= 11 is 0. The molecule has 15 heavy (non-hydrogen) atoms. The molecule has 0 radical (unpaired) electrons. The summed E-state index contributed by atoms with van der Waals surface area (Å²) in [5.41, 5.74) is 1.70. The molecule has 86 valence electrons. The van der Waals surface area contributed by atoms with Gasteiger partial charge in [-0.15, -0.1) is 0 Å². The fraction of sp³-hybridized carbons (Fsp3) is 0.846. The Morgan fingerprint density at radius 3 is 2.80 bits per heavy atom. The van der Waals surface area contributed by atoms with Crippen LogP contribution >= 0.6 is 0 Å². The molecular formula is C13H23NO. The van der Waals surface area contributed by atoms with Crippen LogP contribution in [0.5, 0.6) is 0 Å². The average molecular weight is 209 g/mol. The predicted molar refractivity (Wildman–Crippen MR) is 63.0 cm³/mol. The summed E-state index contributed by atoms with van der Waals surface area (Å²) in [7, 11) is 0. The van der Waals surface area contributed by atoms with Crippen LogP contribution in [-0.4, -0.2) is 37.2 Å². The first-order valence-corrected chi connectivity index (χ1v) is 6.40. The summed E-state index contributed by atoms with van der Waals surface area (Å²) in [5, 5.41) is 0. The maximum atomic E-state index is 5.39. The molecule has 0 saturated carbocycles. The van der Waals surface area contributed by atoms with E-state index in [1.807, 2.05) is 0 Å². The molecule has 0 aromatic rings.